The van der Waals surface area contributed by atoms with Gasteiger partial charge in [-0.3, -0.25) is 4.79 Å². The fourth-order valence-electron chi connectivity index (χ4n) is 2.90. The smallest absolute Gasteiger partial charge is 0.266 e. The van der Waals surface area contributed by atoms with Crippen molar-refractivity contribution in [3.63, 3.8) is 0 Å². The molecule has 31 heavy (non-hydrogen) atoms. The second kappa shape index (κ2) is 10.1. The molecule has 6 heteroatoms. The molecule has 0 fully saturated rings. The Balaban J connectivity index is 1.74. The molecule has 0 aliphatic heterocycles. The summed E-state index contributed by atoms with van der Waals surface area (Å²) in [5.74, 6) is 0.0340. The standard InChI is InChI=1S/C25H21FN2O3/c1-17-4-3-5-19(12-17)16-31-23-11-6-18(14-24(23)30-2)13-20(15-27)25(29)28-22-9-7-21(26)8-10-22/h3-14H,16H2,1-2H3,(H,28,29)/b20-13+. The number of nitrogens with one attached hydrogen (secondary N) is 1. The first kappa shape index (κ1) is 21.6. The zero-order chi connectivity index (χ0) is 22.2. The highest BCUT2D eigenvalue weighted by Crippen LogP contribution is 2.30. The molecule has 3 aromatic carbocycles. The topological polar surface area (TPSA) is 71.3 Å². The van der Waals surface area contributed by atoms with Crippen LogP contribution >= 0.6 is 0 Å². The average molecular weight is 416 g/mol. The Morgan fingerprint density at radius 1 is 1.10 bits per heavy atom. The van der Waals surface area contributed by atoms with Crippen LogP contribution in [-0.2, 0) is 11.4 Å². The van der Waals surface area contributed by atoms with Crippen LogP contribution in [0.15, 0.2) is 72.3 Å². The van der Waals surface area contributed by atoms with Crippen LogP contribution in [-0.4, -0.2) is 13.0 Å². The molecule has 0 aromatic heterocycles. The van der Waals surface area contributed by atoms with Gasteiger partial charge in [-0.2, -0.15) is 5.26 Å². The third-order valence-electron chi connectivity index (χ3n) is 4.44. The molecule has 0 aliphatic carbocycles. The van der Waals surface area contributed by atoms with Crippen molar-refractivity contribution in [1.82, 2.24) is 0 Å². The zero-order valence-electron chi connectivity index (χ0n) is 17.2. The van der Waals surface area contributed by atoms with Crippen LogP contribution in [0.1, 0.15) is 16.7 Å². The van der Waals surface area contributed by atoms with E-state index in [9.17, 15) is 14.4 Å². The van der Waals surface area contributed by atoms with Gasteiger partial charge in [0.25, 0.3) is 5.91 Å². The van der Waals surface area contributed by atoms with E-state index < -0.39 is 11.7 Å². The minimum absolute atomic E-state index is 0.0974. The number of ether oxygens (including phenoxy) is 2. The van der Waals surface area contributed by atoms with Gasteiger partial charge in [-0.25, -0.2) is 4.39 Å². The lowest BCUT2D eigenvalue weighted by Crippen LogP contribution is -2.13. The number of aryl methyl sites for hydroxylation is 1. The van der Waals surface area contributed by atoms with E-state index in [-0.39, 0.29) is 5.57 Å². The first-order valence-electron chi connectivity index (χ1n) is 9.53. The molecule has 0 aliphatic rings. The normalized spacial score (nSPS) is 10.8. The highest BCUT2D eigenvalue weighted by atomic mass is 19.1. The van der Waals surface area contributed by atoms with E-state index in [0.29, 0.717) is 29.4 Å². The summed E-state index contributed by atoms with van der Waals surface area (Å²) in [6.45, 7) is 2.40. The van der Waals surface area contributed by atoms with Crippen LogP contribution in [0.5, 0.6) is 11.5 Å². The summed E-state index contributed by atoms with van der Waals surface area (Å²) in [4.78, 5) is 12.4. The van der Waals surface area contributed by atoms with Crippen LogP contribution in [0.2, 0.25) is 0 Å². The third kappa shape index (κ3) is 5.94. The Hall–Kier alpha value is -4.11. The fourth-order valence-corrected chi connectivity index (χ4v) is 2.90. The monoisotopic (exact) mass is 416 g/mol. The quantitative estimate of drug-likeness (QED) is 0.421. The van der Waals surface area contributed by atoms with Gasteiger partial charge in [0, 0.05) is 5.69 Å². The predicted octanol–water partition coefficient (Wildman–Crippen LogP) is 5.27. The Morgan fingerprint density at radius 3 is 2.55 bits per heavy atom. The number of nitrogens with zero attached hydrogens (tertiary/aromatic N) is 1. The second-order valence-electron chi connectivity index (χ2n) is 6.82. The molecule has 1 N–H and O–H groups in total. The molecule has 0 radical (unpaired) electrons. The lowest BCUT2D eigenvalue weighted by molar-refractivity contribution is -0.112. The molecule has 3 aromatic rings. The van der Waals surface area contributed by atoms with Crippen molar-refractivity contribution < 1.29 is 18.7 Å². The molecule has 0 heterocycles. The summed E-state index contributed by atoms with van der Waals surface area (Å²) in [7, 11) is 1.52. The number of carbonyl (C=O) groups excluding carboxylic acids is 1. The Morgan fingerprint density at radius 2 is 1.87 bits per heavy atom. The van der Waals surface area contributed by atoms with Crippen LogP contribution in [0.3, 0.4) is 0 Å². The number of nitriles is 1. The maximum Gasteiger partial charge on any atom is 0.266 e. The van der Waals surface area contributed by atoms with Gasteiger partial charge < -0.3 is 14.8 Å². The van der Waals surface area contributed by atoms with Crippen molar-refractivity contribution in [2.24, 2.45) is 0 Å². The molecule has 0 unspecified atom stereocenters. The first-order chi connectivity index (χ1) is 15.0. The predicted molar refractivity (Wildman–Crippen MR) is 117 cm³/mol. The van der Waals surface area contributed by atoms with E-state index in [2.05, 4.69) is 5.32 Å². The van der Waals surface area contributed by atoms with E-state index in [0.717, 1.165) is 11.1 Å². The summed E-state index contributed by atoms with van der Waals surface area (Å²) < 4.78 is 24.3. The maximum atomic E-state index is 13.0. The number of methoxy groups -OCH3 is 1. The summed E-state index contributed by atoms with van der Waals surface area (Å²) in [5.41, 5.74) is 3.09. The molecule has 1 amide bonds. The summed E-state index contributed by atoms with van der Waals surface area (Å²) in [6, 6.07) is 20.4. The summed E-state index contributed by atoms with van der Waals surface area (Å²) in [5, 5.41) is 12.0. The SMILES string of the molecule is COc1cc(/C=C(\C#N)C(=O)Nc2ccc(F)cc2)ccc1OCc1cccc(C)c1. The Bertz CT molecular complexity index is 1150. The van der Waals surface area contributed by atoms with Crippen LogP contribution in [0.25, 0.3) is 6.08 Å². The number of amides is 1. The maximum absolute atomic E-state index is 13.0. The van der Waals surface area contributed by atoms with Gasteiger partial charge in [0.2, 0.25) is 0 Å². The van der Waals surface area contributed by atoms with Crippen LogP contribution < -0.4 is 14.8 Å². The van der Waals surface area contributed by atoms with Gasteiger partial charge in [-0.05, 0) is 60.5 Å². The molecule has 0 saturated heterocycles. The molecule has 0 saturated carbocycles. The van der Waals surface area contributed by atoms with Gasteiger partial charge in [0.1, 0.15) is 24.1 Å². The number of benzene rings is 3. The van der Waals surface area contributed by atoms with Gasteiger partial charge >= 0.3 is 0 Å². The van der Waals surface area contributed by atoms with Crippen molar-refractivity contribution in [1.29, 1.82) is 5.26 Å². The van der Waals surface area contributed by atoms with Crippen molar-refractivity contribution >= 4 is 17.7 Å². The van der Waals surface area contributed by atoms with Gasteiger partial charge in [-0.1, -0.05) is 35.9 Å². The third-order valence-corrected chi connectivity index (χ3v) is 4.44. The largest absolute Gasteiger partial charge is 0.493 e. The summed E-state index contributed by atoms with van der Waals surface area (Å²) >= 11 is 0. The first-order valence-corrected chi connectivity index (χ1v) is 9.53. The van der Waals surface area contributed by atoms with E-state index in [1.165, 1.54) is 37.5 Å². The fraction of sp³-hybridized carbons (Fsp3) is 0.120. The number of rotatable bonds is 7. The highest BCUT2D eigenvalue weighted by Gasteiger charge is 2.11. The van der Waals surface area contributed by atoms with E-state index >= 15 is 0 Å². The molecule has 0 bridgehead atoms. The molecule has 156 valence electrons. The lowest BCUT2D eigenvalue weighted by atomic mass is 10.1. The summed E-state index contributed by atoms with van der Waals surface area (Å²) in [6.07, 6.45) is 1.45. The Labute approximate surface area is 180 Å². The van der Waals surface area contributed by atoms with Crippen molar-refractivity contribution in [3.05, 3.63) is 94.8 Å². The zero-order valence-corrected chi connectivity index (χ0v) is 17.2. The van der Waals surface area contributed by atoms with Crippen molar-refractivity contribution in [2.75, 3.05) is 12.4 Å². The van der Waals surface area contributed by atoms with Crippen molar-refractivity contribution in [3.8, 4) is 17.6 Å². The van der Waals surface area contributed by atoms with E-state index in [1.54, 1.807) is 18.2 Å². The van der Waals surface area contributed by atoms with Gasteiger partial charge in [-0.15, -0.1) is 0 Å². The van der Waals surface area contributed by atoms with Gasteiger partial charge in [0.15, 0.2) is 11.5 Å². The van der Waals surface area contributed by atoms with Crippen molar-refractivity contribution in [2.45, 2.75) is 13.5 Å². The molecular formula is C25H21FN2O3. The Kier molecular flexibility index (Phi) is 7.02. The number of hydrogen-bond donors (Lipinski definition) is 1. The molecule has 0 spiro atoms. The second-order valence-corrected chi connectivity index (χ2v) is 6.82. The number of halogens is 1. The molecule has 5 nitrogen and oxygen atoms in total. The molecule has 0 atom stereocenters. The van der Waals surface area contributed by atoms with Gasteiger partial charge in [0.05, 0.1) is 7.11 Å². The molecule has 3 rings (SSSR count). The number of hydrogen-bond acceptors (Lipinski definition) is 4. The average Bonchev–Trinajstić information content (AvgIpc) is 2.77. The minimum atomic E-state index is -0.590. The highest BCUT2D eigenvalue weighted by molar-refractivity contribution is 6.09. The van der Waals surface area contributed by atoms with E-state index in [1.807, 2.05) is 37.3 Å². The number of carbonyl (C=O) groups is 1. The van der Waals surface area contributed by atoms with E-state index in [4.69, 9.17) is 9.47 Å². The number of anilines is 1. The minimum Gasteiger partial charge on any atom is -0.493 e. The van der Waals surface area contributed by atoms with Crippen LogP contribution in [0.4, 0.5) is 10.1 Å². The molecular weight excluding hydrogens is 395 g/mol. The van der Waals surface area contributed by atoms with Crippen LogP contribution in [0, 0.1) is 24.1 Å². The lowest BCUT2D eigenvalue weighted by Gasteiger charge is -2.12.